The van der Waals surface area contributed by atoms with Crippen molar-refractivity contribution in [1.29, 1.82) is 0 Å². The molecule has 2 N–H and O–H groups in total. The highest BCUT2D eigenvalue weighted by Gasteiger charge is 2.39. The fourth-order valence-corrected chi connectivity index (χ4v) is 2.88. The van der Waals surface area contributed by atoms with Crippen molar-refractivity contribution in [2.45, 2.75) is 24.8 Å². The van der Waals surface area contributed by atoms with Crippen molar-refractivity contribution >= 4 is 39.7 Å². The average molecular weight is 337 g/mol. The predicted molar refractivity (Wildman–Crippen MR) is 72.3 cm³/mol. The van der Waals surface area contributed by atoms with E-state index in [1.807, 2.05) is 11.4 Å². The summed E-state index contributed by atoms with van der Waals surface area (Å²) in [7, 11) is 0. The maximum atomic E-state index is 6.13. The molecule has 2 heterocycles. The maximum absolute atomic E-state index is 6.13. The number of hydrogen-bond donors (Lipinski definition) is 1. The molecule has 92 valence electrons. The second-order valence-corrected chi connectivity index (χ2v) is 6.36. The quantitative estimate of drug-likeness (QED) is 0.913. The molecule has 1 fully saturated rings. The first-order valence-electron chi connectivity index (χ1n) is 5.05. The number of nitrogens with two attached hydrogens (primary N) is 1. The van der Waals surface area contributed by atoms with Crippen molar-refractivity contribution in [3.05, 3.63) is 21.1 Å². The topological polar surface area (TPSA) is 64.9 Å². The van der Waals surface area contributed by atoms with Crippen molar-refractivity contribution in [2.24, 2.45) is 5.73 Å². The molecular weight excluding hydrogens is 326 g/mol. The van der Waals surface area contributed by atoms with E-state index in [4.69, 9.17) is 10.3 Å². The molecule has 17 heavy (non-hydrogen) atoms. The van der Waals surface area contributed by atoms with E-state index >= 15 is 0 Å². The summed E-state index contributed by atoms with van der Waals surface area (Å²) in [4.78, 5) is 4.37. The van der Waals surface area contributed by atoms with Crippen molar-refractivity contribution < 1.29 is 4.52 Å². The van der Waals surface area contributed by atoms with Crippen molar-refractivity contribution in [2.75, 3.05) is 0 Å². The fourth-order valence-electron chi connectivity index (χ4n) is 1.75. The van der Waals surface area contributed by atoms with Crippen LogP contribution < -0.4 is 5.73 Å². The SMILES string of the molecule is Cl.NC1(c2noc(-c3csc(Br)c3)n2)CCC1. The van der Waals surface area contributed by atoms with Gasteiger partial charge < -0.3 is 10.3 Å². The van der Waals surface area contributed by atoms with E-state index in [1.54, 1.807) is 11.3 Å². The molecule has 0 radical (unpaired) electrons. The Balaban J connectivity index is 0.00000108. The van der Waals surface area contributed by atoms with Crippen molar-refractivity contribution in [1.82, 2.24) is 10.1 Å². The van der Waals surface area contributed by atoms with Gasteiger partial charge in [0.1, 0.15) is 0 Å². The van der Waals surface area contributed by atoms with Gasteiger partial charge in [0.2, 0.25) is 0 Å². The van der Waals surface area contributed by atoms with Crippen LogP contribution in [0.1, 0.15) is 25.1 Å². The highest BCUT2D eigenvalue weighted by Crippen LogP contribution is 2.38. The first-order valence-corrected chi connectivity index (χ1v) is 6.72. The van der Waals surface area contributed by atoms with Crippen LogP contribution in [0.15, 0.2) is 19.8 Å². The number of thiophene rings is 1. The lowest BCUT2D eigenvalue weighted by molar-refractivity contribution is 0.229. The Morgan fingerprint density at radius 2 is 2.24 bits per heavy atom. The zero-order valence-corrected chi connectivity index (χ0v) is 12.1. The van der Waals surface area contributed by atoms with Crippen LogP contribution in [0.4, 0.5) is 0 Å². The number of aromatic nitrogens is 2. The summed E-state index contributed by atoms with van der Waals surface area (Å²) in [5.41, 5.74) is 6.72. The van der Waals surface area contributed by atoms with E-state index in [1.165, 1.54) is 0 Å². The van der Waals surface area contributed by atoms with Crippen LogP contribution in [0.3, 0.4) is 0 Å². The molecule has 4 nitrogen and oxygen atoms in total. The lowest BCUT2D eigenvalue weighted by atomic mass is 9.77. The largest absolute Gasteiger partial charge is 0.334 e. The number of rotatable bonds is 2. The van der Waals surface area contributed by atoms with E-state index in [0.717, 1.165) is 28.6 Å². The van der Waals surface area contributed by atoms with Crippen LogP contribution in [0.2, 0.25) is 0 Å². The van der Waals surface area contributed by atoms with Crippen LogP contribution in [-0.2, 0) is 5.54 Å². The second-order valence-electron chi connectivity index (χ2n) is 4.07. The summed E-state index contributed by atoms with van der Waals surface area (Å²) in [5.74, 6) is 1.18. The number of halogens is 2. The molecule has 2 aromatic rings. The lowest BCUT2D eigenvalue weighted by Gasteiger charge is -2.34. The molecule has 0 atom stereocenters. The van der Waals surface area contributed by atoms with Crippen molar-refractivity contribution in [3.63, 3.8) is 0 Å². The molecule has 0 aliphatic heterocycles. The second kappa shape index (κ2) is 4.68. The Morgan fingerprint density at radius 3 is 2.76 bits per heavy atom. The summed E-state index contributed by atoms with van der Waals surface area (Å²) < 4.78 is 6.28. The Labute approximate surface area is 117 Å². The predicted octanol–water partition coefficient (Wildman–Crippen LogP) is 3.32. The lowest BCUT2D eigenvalue weighted by Crippen LogP contribution is -2.44. The number of hydrogen-bond acceptors (Lipinski definition) is 5. The van der Waals surface area contributed by atoms with Gasteiger partial charge in [-0.15, -0.1) is 23.7 Å². The van der Waals surface area contributed by atoms with Gasteiger partial charge in [-0.25, -0.2) is 0 Å². The van der Waals surface area contributed by atoms with Crippen molar-refractivity contribution in [3.8, 4) is 11.5 Å². The first-order chi connectivity index (χ1) is 7.67. The van der Waals surface area contributed by atoms with E-state index < -0.39 is 0 Å². The van der Waals surface area contributed by atoms with Gasteiger partial charge in [0.15, 0.2) is 5.82 Å². The van der Waals surface area contributed by atoms with E-state index in [-0.39, 0.29) is 17.9 Å². The maximum Gasteiger partial charge on any atom is 0.258 e. The van der Waals surface area contributed by atoms with Gasteiger partial charge in [-0.2, -0.15) is 4.98 Å². The van der Waals surface area contributed by atoms with E-state index in [0.29, 0.717) is 11.7 Å². The Kier molecular flexibility index (Phi) is 3.58. The van der Waals surface area contributed by atoms with Gasteiger partial charge in [0.25, 0.3) is 5.89 Å². The highest BCUT2D eigenvalue weighted by atomic mass is 79.9. The van der Waals surface area contributed by atoms with Crippen LogP contribution in [0.25, 0.3) is 11.5 Å². The van der Waals surface area contributed by atoms with Gasteiger partial charge in [-0.05, 0) is 41.3 Å². The molecular formula is C10H11BrClN3OS. The first kappa shape index (κ1) is 13.0. The minimum Gasteiger partial charge on any atom is -0.334 e. The summed E-state index contributed by atoms with van der Waals surface area (Å²) in [6.07, 6.45) is 3.03. The van der Waals surface area contributed by atoms with Gasteiger partial charge in [0, 0.05) is 5.38 Å². The zero-order chi connectivity index (χ0) is 11.2. The normalized spacial score (nSPS) is 17.3. The van der Waals surface area contributed by atoms with Gasteiger partial charge in [-0.1, -0.05) is 5.16 Å². The molecule has 0 aromatic carbocycles. The molecule has 1 aliphatic rings. The van der Waals surface area contributed by atoms with E-state index in [2.05, 4.69) is 26.1 Å². The third-order valence-electron chi connectivity index (χ3n) is 2.93. The Hall–Kier alpha value is -0.430. The molecule has 1 saturated carbocycles. The highest BCUT2D eigenvalue weighted by molar-refractivity contribution is 9.11. The van der Waals surface area contributed by atoms with Gasteiger partial charge in [0.05, 0.1) is 14.9 Å². The van der Waals surface area contributed by atoms with Crippen LogP contribution in [0, 0.1) is 0 Å². The standard InChI is InChI=1S/C10H10BrN3OS.ClH/c11-7-4-6(5-16-7)8-13-9(14-15-8)10(12)2-1-3-10;/h4-5H,1-3,12H2;1H. The third kappa shape index (κ3) is 2.27. The molecule has 2 aromatic heterocycles. The Bertz CT molecular complexity index is 523. The number of nitrogens with zero attached hydrogens (tertiary/aromatic N) is 2. The molecule has 0 amide bonds. The van der Waals surface area contributed by atoms with E-state index in [9.17, 15) is 0 Å². The molecule has 7 heteroatoms. The Morgan fingerprint density at radius 1 is 1.47 bits per heavy atom. The minimum absolute atomic E-state index is 0. The van der Waals surface area contributed by atoms with Gasteiger partial charge >= 0.3 is 0 Å². The smallest absolute Gasteiger partial charge is 0.258 e. The molecule has 0 spiro atoms. The molecule has 3 rings (SSSR count). The third-order valence-corrected chi connectivity index (χ3v) is 4.44. The molecule has 0 bridgehead atoms. The monoisotopic (exact) mass is 335 g/mol. The zero-order valence-electron chi connectivity index (χ0n) is 8.85. The fraction of sp³-hybridized carbons (Fsp3) is 0.400. The molecule has 1 aliphatic carbocycles. The van der Waals surface area contributed by atoms with Crippen LogP contribution in [0.5, 0.6) is 0 Å². The van der Waals surface area contributed by atoms with Crippen LogP contribution in [-0.4, -0.2) is 10.1 Å². The summed E-state index contributed by atoms with van der Waals surface area (Å²) in [6, 6.07) is 1.96. The summed E-state index contributed by atoms with van der Waals surface area (Å²) in [5, 5.41) is 5.95. The molecule has 0 unspecified atom stereocenters. The van der Waals surface area contributed by atoms with Gasteiger partial charge in [-0.3, -0.25) is 0 Å². The average Bonchev–Trinajstić information content (AvgIpc) is 2.82. The minimum atomic E-state index is -0.352. The molecule has 0 saturated heterocycles. The summed E-state index contributed by atoms with van der Waals surface area (Å²) >= 11 is 5.00. The van der Waals surface area contributed by atoms with Crippen LogP contribution >= 0.6 is 39.7 Å². The summed E-state index contributed by atoms with van der Waals surface area (Å²) in [6.45, 7) is 0.